The maximum atomic E-state index is 11.6. The van der Waals surface area contributed by atoms with Crippen molar-refractivity contribution in [1.29, 1.82) is 0 Å². The summed E-state index contributed by atoms with van der Waals surface area (Å²) < 4.78 is 4.89. The second-order valence-corrected chi connectivity index (χ2v) is 4.86. The minimum atomic E-state index is -0.00127. The highest BCUT2D eigenvalue weighted by atomic mass is 16.5. The first-order chi connectivity index (χ1) is 9.15. The number of benzene rings is 1. The summed E-state index contributed by atoms with van der Waals surface area (Å²) in [6, 6.07) is 10.4. The van der Waals surface area contributed by atoms with Crippen LogP contribution < -0.4 is 10.6 Å². The molecule has 0 fully saturated rings. The zero-order chi connectivity index (χ0) is 14.1. The van der Waals surface area contributed by atoms with E-state index >= 15 is 0 Å². The predicted octanol–water partition coefficient (Wildman–Crippen LogP) is 1.74. The molecule has 4 heteroatoms. The molecule has 0 saturated carbocycles. The first kappa shape index (κ1) is 15.7. The molecule has 0 radical (unpaired) electrons. The first-order valence-electron chi connectivity index (χ1n) is 6.69. The first-order valence-corrected chi connectivity index (χ1v) is 6.69. The molecule has 1 rings (SSSR count). The normalized spacial score (nSPS) is 12.4. The van der Waals surface area contributed by atoms with Crippen molar-refractivity contribution in [1.82, 2.24) is 10.6 Å². The lowest BCUT2D eigenvalue weighted by atomic mass is 9.96. The predicted molar refractivity (Wildman–Crippen MR) is 76.9 cm³/mol. The van der Waals surface area contributed by atoms with E-state index in [0.29, 0.717) is 25.6 Å². The lowest BCUT2D eigenvalue weighted by Crippen LogP contribution is -2.38. The van der Waals surface area contributed by atoms with E-state index in [1.54, 1.807) is 7.11 Å². The molecule has 0 aliphatic heterocycles. The molecule has 0 aliphatic rings. The van der Waals surface area contributed by atoms with Gasteiger partial charge >= 0.3 is 0 Å². The van der Waals surface area contributed by atoms with Gasteiger partial charge in [-0.15, -0.1) is 0 Å². The van der Waals surface area contributed by atoms with Gasteiger partial charge in [0.2, 0.25) is 5.91 Å². The van der Waals surface area contributed by atoms with E-state index in [2.05, 4.69) is 36.6 Å². The Hall–Kier alpha value is -1.39. The number of ether oxygens (including phenoxy) is 1. The molecule has 1 atom stereocenters. The average molecular weight is 264 g/mol. The zero-order valence-electron chi connectivity index (χ0n) is 12.0. The molecular weight excluding hydrogens is 240 g/mol. The highest BCUT2D eigenvalue weighted by molar-refractivity contribution is 5.78. The largest absolute Gasteiger partial charge is 0.383 e. The number of amides is 1. The van der Waals surface area contributed by atoms with Gasteiger partial charge in [0.1, 0.15) is 0 Å². The Morgan fingerprint density at radius 2 is 1.95 bits per heavy atom. The number of carbonyl (C=O) groups is 1. The molecule has 19 heavy (non-hydrogen) atoms. The van der Waals surface area contributed by atoms with Crippen LogP contribution in [0.4, 0.5) is 0 Å². The van der Waals surface area contributed by atoms with Crippen LogP contribution in [0, 0.1) is 5.92 Å². The van der Waals surface area contributed by atoms with Crippen molar-refractivity contribution < 1.29 is 9.53 Å². The van der Waals surface area contributed by atoms with Crippen molar-refractivity contribution in [3.8, 4) is 0 Å². The molecule has 0 heterocycles. The molecular formula is C15H24N2O2. The third kappa shape index (κ3) is 5.85. The van der Waals surface area contributed by atoms with Gasteiger partial charge in [-0.2, -0.15) is 0 Å². The van der Waals surface area contributed by atoms with Gasteiger partial charge < -0.3 is 15.4 Å². The van der Waals surface area contributed by atoms with Crippen LogP contribution in [-0.2, 0) is 9.53 Å². The van der Waals surface area contributed by atoms with Crippen LogP contribution in [0.2, 0.25) is 0 Å². The maximum Gasteiger partial charge on any atom is 0.234 e. The number of rotatable bonds is 8. The molecule has 0 spiro atoms. The Morgan fingerprint density at radius 3 is 2.53 bits per heavy atom. The van der Waals surface area contributed by atoms with E-state index in [4.69, 9.17) is 4.74 Å². The lowest BCUT2D eigenvalue weighted by Gasteiger charge is -2.22. The van der Waals surface area contributed by atoms with Gasteiger partial charge in [-0.1, -0.05) is 44.2 Å². The standard InChI is InChI=1S/C15H24N2O2/c1-12(2)15(13-7-5-4-6-8-13)17-11-14(18)16-9-10-19-3/h4-8,12,15,17H,9-11H2,1-3H3,(H,16,18). The summed E-state index contributed by atoms with van der Waals surface area (Å²) in [6.07, 6.45) is 0. The topological polar surface area (TPSA) is 50.4 Å². The van der Waals surface area contributed by atoms with E-state index in [9.17, 15) is 4.79 Å². The fraction of sp³-hybridized carbons (Fsp3) is 0.533. The van der Waals surface area contributed by atoms with Gasteiger partial charge in [-0.05, 0) is 11.5 Å². The van der Waals surface area contributed by atoms with Crippen molar-refractivity contribution in [2.75, 3.05) is 26.8 Å². The lowest BCUT2D eigenvalue weighted by molar-refractivity contribution is -0.120. The second-order valence-electron chi connectivity index (χ2n) is 4.86. The minimum Gasteiger partial charge on any atom is -0.383 e. The molecule has 1 unspecified atom stereocenters. The third-order valence-electron chi connectivity index (χ3n) is 2.94. The fourth-order valence-electron chi connectivity index (χ4n) is 1.96. The van der Waals surface area contributed by atoms with Gasteiger partial charge in [0.25, 0.3) is 0 Å². The molecule has 106 valence electrons. The molecule has 1 aromatic rings. The van der Waals surface area contributed by atoms with E-state index in [1.165, 1.54) is 5.56 Å². The van der Waals surface area contributed by atoms with E-state index < -0.39 is 0 Å². The monoisotopic (exact) mass is 264 g/mol. The van der Waals surface area contributed by atoms with E-state index in [1.807, 2.05) is 18.2 Å². The van der Waals surface area contributed by atoms with Crippen LogP contribution in [0.1, 0.15) is 25.5 Å². The van der Waals surface area contributed by atoms with Crippen molar-refractivity contribution in [2.24, 2.45) is 5.92 Å². The number of carbonyl (C=O) groups excluding carboxylic acids is 1. The quantitative estimate of drug-likeness (QED) is 0.703. The smallest absolute Gasteiger partial charge is 0.234 e. The van der Waals surface area contributed by atoms with Crippen LogP contribution in [-0.4, -0.2) is 32.7 Å². The van der Waals surface area contributed by atoms with E-state index in [0.717, 1.165) is 0 Å². The maximum absolute atomic E-state index is 11.6. The Balaban J connectivity index is 2.45. The minimum absolute atomic E-state index is 0.00127. The molecule has 4 nitrogen and oxygen atoms in total. The summed E-state index contributed by atoms with van der Waals surface area (Å²) in [5.41, 5.74) is 1.21. The van der Waals surface area contributed by atoms with Crippen LogP contribution >= 0.6 is 0 Å². The number of methoxy groups -OCH3 is 1. The highest BCUT2D eigenvalue weighted by Crippen LogP contribution is 2.20. The number of nitrogens with one attached hydrogen (secondary N) is 2. The van der Waals surface area contributed by atoms with Gasteiger partial charge in [0, 0.05) is 19.7 Å². The SMILES string of the molecule is COCCNC(=O)CNC(c1ccccc1)C(C)C. The third-order valence-corrected chi connectivity index (χ3v) is 2.94. The van der Waals surface area contributed by atoms with Crippen LogP contribution in [0.3, 0.4) is 0 Å². The van der Waals surface area contributed by atoms with Gasteiger partial charge in [-0.25, -0.2) is 0 Å². The Morgan fingerprint density at radius 1 is 1.26 bits per heavy atom. The molecule has 1 aromatic carbocycles. The summed E-state index contributed by atoms with van der Waals surface area (Å²) in [5.74, 6) is 0.424. The molecule has 0 aromatic heterocycles. The number of hydrogen-bond acceptors (Lipinski definition) is 3. The van der Waals surface area contributed by atoms with Gasteiger partial charge in [0.15, 0.2) is 0 Å². The van der Waals surface area contributed by atoms with Crippen molar-refractivity contribution in [2.45, 2.75) is 19.9 Å². The summed E-state index contributed by atoms with van der Waals surface area (Å²) in [4.78, 5) is 11.6. The van der Waals surface area contributed by atoms with Gasteiger partial charge in [-0.3, -0.25) is 4.79 Å². The van der Waals surface area contributed by atoms with Crippen molar-refractivity contribution >= 4 is 5.91 Å². The Bertz CT molecular complexity index is 366. The zero-order valence-corrected chi connectivity index (χ0v) is 12.0. The molecule has 2 N–H and O–H groups in total. The molecule has 0 bridgehead atoms. The molecule has 0 saturated heterocycles. The van der Waals surface area contributed by atoms with Crippen LogP contribution in [0.5, 0.6) is 0 Å². The van der Waals surface area contributed by atoms with Crippen LogP contribution in [0.15, 0.2) is 30.3 Å². The highest BCUT2D eigenvalue weighted by Gasteiger charge is 2.15. The summed E-state index contributed by atoms with van der Waals surface area (Å²) in [7, 11) is 1.62. The van der Waals surface area contributed by atoms with Crippen LogP contribution in [0.25, 0.3) is 0 Å². The summed E-state index contributed by atoms with van der Waals surface area (Å²) in [5, 5.41) is 6.11. The molecule has 1 amide bonds. The summed E-state index contributed by atoms with van der Waals surface area (Å²) in [6.45, 7) is 5.70. The summed E-state index contributed by atoms with van der Waals surface area (Å²) >= 11 is 0. The van der Waals surface area contributed by atoms with E-state index in [-0.39, 0.29) is 11.9 Å². The second kappa shape index (κ2) is 8.67. The number of hydrogen-bond donors (Lipinski definition) is 2. The van der Waals surface area contributed by atoms with Crippen molar-refractivity contribution in [3.05, 3.63) is 35.9 Å². The Kier molecular flexibility index (Phi) is 7.15. The molecule has 0 aliphatic carbocycles. The van der Waals surface area contributed by atoms with Gasteiger partial charge in [0.05, 0.1) is 13.2 Å². The van der Waals surface area contributed by atoms with Crippen molar-refractivity contribution in [3.63, 3.8) is 0 Å². The Labute approximate surface area is 115 Å². The average Bonchev–Trinajstić information content (AvgIpc) is 2.40. The fourth-order valence-corrected chi connectivity index (χ4v) is 1.96.